The third kappa shape index (κ3) is 9.17. The fraction of sp³-hybridized carbons (Fsp3) is 0.720. The number of benzene rings is 1. The second kappa shape index (κ2) is 13.7. The zero-order chi connectivity index (χ0) is 21.7. The maximum Gasteiger partial charge on any atom is 0.190 e. The number of rotatable bonds is 10. The van der Waals surface area contributed by atoms with Gasteiger partial charge in [-0.1, -0.05) is 29.8 Å². The minimum absolute atomic E-state index is 0.680. The molecule has 0 radical (unpaired) electrons. The lowest BCUT2D eigenvalue weighted by molar-refractivity contribution is 0.0203. The highest BCUT2D eigenvalue weighted by molar-refractivity contribution is 5.79. The second-order valence-corrected chi connectivity index (χ2v) is 9.07. The van der Waals surface area contributed by atoms with Crippen LogP contribution in [0, 0.1) is 18.8 Å². The number of nitrogens with zero attached hydrogens (tertiary/aromatic N) is 2. The van der Waals surface area contributed by atoms with Gasteiger partial charge in [0.25, 0.3) is 0 Å². The summed E-state index contributed by atoms with van der Waals surface area (Å²) >= 11 is 0. The van der Waals surface area contributed by atoms with Crippen LogP contribution in [0.5, 0.6) is 0 Å². The van der Waals surface area contributed by atoms with Crippen molar-refractivity contribution in [2.45, 2.75) is 45.6 Å². The highest BCUT2D eigenvalue weighted by atomic mass is 16.5. The summed E-state index contributed by atoms with van der Waals surface area (Å²) in [5.74, 6) is 2.31. The molecule has 2 saturated heterocycles. The largest absolute Gasteiger partial charge is 0.381 e. The number of hydrogen-bond donors (Lipinski definition) is 2. The van der Waals surface area contributed by atoms with E-state index in [9.17, 15) is 0 Å². The third-order valence-electron chi connectivity index (χ3n) is 6.47. The van der Waals surface area contributed by atoms with Crippen LogP contribution in [0.1, 0.15) is 43.2 Å². The number of piperidine rings is 1. The smallest absolute Gasteiger partial charge is 0.190 e. The molecule has 0 saturated carbocycles. The van der Waals surface area contributed by atoms with Crippen molar-refractivity contribution in [3.63, 3.8) is 0 Å². The molecular weight excluding hydrogens is 388 g/mol. The predicted octanol–water partition coefficient (Wildman–Crippen LogP) is 3.21. The van der Waals surface area contributed by atoms with Gasteiger partial charge in [-0.2, -0.15) is 0 Å². The molecule has 0 bridgehead atoms. The van der Waals surface area contributed by atoms with E-state index in [1.165, 1.54) is 37.1 Å². The summed E-state index contributed by atoms with van der Waals surface area (Å²) in [7, 11) is 1.85. The van der Waals surface area contributed by atoms with Gasteiger partial charge in [0.15, 0.2) is 5.96 Å². The second-order valence-electron chi connectivity index (χ2n) is 9.07. The van der Waals surface area contributed by atoms with Crippen LogP contribution in [0.2, 0.25) is 0 Å². The molecule has 2 aliphatic rings. The molecule has 3 rings (SSSR count). The average Bonchev–Trinajstić information content (AvgIpc) is 2.81. The summed E-state index contributed by atoms with van der Waals surface area (Å²) in [5, 5.41) is 6.94. The molecule has 6 heteroatoms. The van der Waals surface area contributed by atoms with Crippen LogP contribution in [0.3, 0.4) is 0 Å². The van der Waals surface area contributed by atoms with Gasteiger partial charge in [-0.3, -0.25) is 9.89 Å². The summed E-state index contributed by atoms with van der Waals surface area (Å²) in [6.07, 6.45) is 5.77. The molecule has 0 aromatic heterocycles. The van der Waals surface area contributed by atoms with Gasteiger partial charge in [-0.05, 0) is 69.5 Å². The van der Waals surface area contributed by atoms with Crippen molar-refractivity contribution >= 4 is 5.96 Å². The predicted molar refractivity (Wildman–Crippen MR) is 128 cm³/mol. The van der Waals surface area contributed by atoms with E-state index in [0.717, 1.165) is 77.2 Å². The van der Waals surface area contributed by atoms with Crippen LogP contribution in [-0.4, -0.2) is 70.5 Å². The molecular formula is C25H42N4O2. The van der Waals surface area contributed by atoms with E-state index >= 15 is 0 Å². The molecule has 1 aromatic carbocycles. The van der Waals surface area contributed by atoms with Gasteiger partial charge in [0.1, 0.15) is 0 Å². The Labute approximate surface area is 188 Å². The zero-order valence-electron chi connectivity index (χ0n) is 19.6. The summed E-state index contributed by atoms with van der Waals surface area (Å²) in [6.45, 7) is 10.9. The Morgan fingerprint density at radius 3 is 2.52 bits per heavy atom. The monoisotopic (exact) mass is 430 g/mol. The molecule has 6 nitrogen and oxygen atoms in total. The fourth-order valence-corrected chi connectivity index (χ4v) is 4.31. The summed E-state index contributed by atoms with van der Waals surface area (Å²) in [4.78, 5) is 6.95. The number of likely N-dealkylation sites (tertiary alicyclic amines) is 1. The van der Waals surface area contributed by atoms with Gasteiger partial charge in [0, 0.05) is 53.1 Å². The Morgan fingerprint density at radius 1 is 1.06 bits per heavy atom. The van der Waals surface area contributed by atoms with E-state index in [2.05, 4.69) is 51.7 Å². The number of guanidine groups is 1. The molecule has 2 N–H and O–H groups in total. The van der Waals surface area contributed by atoms with E-state index in [0.29, 0.717) is 5.92 Å². The van der Waals surface area contributed by atoms with Crippen molar-refractivity contribution in [3.05, 3.63) is 35.4 Å². The maximum absolute atomic E-state index is 5.84. The normalized spacial score (nSPS) is 19.5. The van der Waals surface area contributed by atoms with Crippen molar-refractivity contribution in [1.29, 1.82) is 0 Å². The highest BCUT2D eigenvalue weighted by Crippen LogP contribution is 2.18. The molecule has 0 unspecified atom stereocenters. The Kier molecular flexibility index (Phi) is 10.6. The Morgan fingerprint density at radius 2 is 1.81 bits per heavy atom. The van der Waals surface area contributed by atoms with Gasteiger partial charge in [-0.15, -0.1) is 0 Å². The zero-order valence-corrected chi connectivity index (χ0v) is 19.6. The van der Waals surface area contributed by atoms with Gasteiger partial charge in [0.05, 0.1) is 0 Å². The molecule has 31 heavy (non-hydrogen) atoms. The Hall–Kier alpha value is -1.63. The van der Waals surface area contributed by atoms with E-state index in [-0.39, 0.29) is 0 Å². The molecule has 0 atom stereocenters. The van der Waals surface area contributed by atoms with Crippen LogP contribution in [0.15, 0.2) is 29.3 Å². The first-order valence-corrected chi connectivity index (χ1v) is 12.1. The summed E-state index contributed by atoms with van der Waals surface area (Å²) in [5.41, 5.74) is 2.75. The molecule has 174 valence electrons. The average molecular weight is 431 g/mol. The molecule has 1 aromatic rings. The van der Waals surface area contributed by atoms with Crippen LogP contribution in [0.4, 0.5) is 0 Å². The van der Waals surface area contributed by atoms with Crippen molar-refractivity contribution in [3.8, 4) is 0 Å². The number of ether oxygens (including phenoxy) is 2. The topological polar surface area (TPSA) is 58.1 Å². The summed E-state index contributed by atoms with van der Waals surface area (Å²) < 4.78 is 11.2. The lowest BCUT2D eigenvalue weighted by atomic mass is 9.96. The van der Waals surface area contributed by atoms with Crippen LogP contribution >= 0.6 is 0 Å². The van der Waals surface area contributed by atoms with E-state index in [1.54, 1.807) is 0 Å². The van der Waals surface area contributed by atoms with Crippen molar-refractivity contribution < 1.29 is 9.47 Å². The third-order valence-corrected chi connectivity index (χ3v) is 6.47. The van der Waals surface area contributed by atoms with E-state index in [4.69, 9.17) is 9.47 Å². The van der Waals surface area contributed by atoms with Crippen LogP contribution in [-0.2, 0) is 16.0 Å². The van der Waals surface area contributed by atoms with Crippen LogP contribution in [0.25, 0.3) is 0 Å². The Balaban J connectivity index is 1.21. The van der Waals surface area contributed by atoms with E-state index < -0.39 is 0 Å². The van der Waals surface area contributed by atoms with Crippen molar-refractivity contribution in [2.75, 3.05) is 59.7 Å². The lowest BCUT2D eigenvalue weighted by Crippen LogP contribution is -2.43. The van der Waals surface area contributed by atoms with Gasteiger partial charge >= 0.3 is 0 Å². The van der Waals surface area contributed by atoms with Crippen LogP contribution < -0.4 is 10.6 Å². The van der Waals surface area contributed by atoms with Gasteiger partial charge in [0.2, 0.25) is 0 Å². The fourth-order valence-electron chi connectivity index (χ4n) is 4.31. The first-order chi connectivity index (χ1) is 15.2. The van der Waals surface area contributed by atoms with E-state index in [1.807, 2.05) is 7.05 Å². The van der Waals surface area contributed by atoms with Crippen molar-refractivity contribution in [2.24, 2.45) is 16.8 Å². The number of nitrogens with one attached hydrogen (secondary N) is 2. The maximum atomic E-state index is 5.84. The number of hydrogen-bond acceptors (Lipinski definition) is 4. The summed E-state index contributed by atoms with van der Waals surface area (Å²) in [6, 6.07) is 8.94. The number of aliphatic imine (C=N–C) groups is 1. The SMILES string of the molecule is CN=C(NCCCOCC1CCOCC1)NCC1CCN(Cc2ccc(C)cc2)CC1. The minimum atomic E-state index is 0.680. The first kappa shape index (κ1) is 24.0. The Bertz CT molecular complexity index is 635. The highest BCUT2D eigenvalue weighted by Gasteiger charge is 2.19. The quantitative estimate of drug-likeness (QED) is 0.339. The molecule has 2 heterocycles. The van der Waals surface area contributed by atoms with Gasteiger partial charge in [-0.25, -0.2) is 0 Å². The minimum Gasteiger partial charge on any atom is -0.381 e. The first-order valence-electron chi connectivity index (χ1n) is 12.1. The standard InChI is InChI=1S/C25H42N4O2/c1-21-4-6-23(7-5-21)19-29-13-8-22(9-14-29)18-28-25(26-2)27-12-3-15-31-20-24-10-16-30-17-11-24/h4-7,22,24H,3,8-20H2,1-2H3,(H2,26,27,28). The molecule has 0 amide bonds. The molecule has 0 spiro atoms. The lowest BCUT2D eigenvalue weighted by Gasteiger charge is -2.32. The van der Waals surface area contributed by atoms with Crippen molar-refractivity contribution in [1.82, 2.24) is 15.5 Å². The molecule has 2 aliphatic heterocycles. The molecule has 2 fully saturated rings. The van der Waals surface area contributed by atoms with Gasteiger partial charge < -0.3 is 20.1 Å². The number of aryl methyl sites for hydroxylation is 1. The molecule has 0 aliphatic carbocycles.